The van der Waals surface area contributed by atoms with Gasteiger partial charge in [-0.15, -0.1) is 11.8 Å². The van der Waals surface area contributed by atoms with E-state index in [1.807, 2.05) is 42.5 Å². The van der Waals surface area contributed by atoms with Crippen molar-refractivity contribution >= 4 is 24.4 Å². The van der Waals surface area contributed by atoms with Crippen LogP contribution in [0.3, 0.4) is 0 Å². The normalized spacial score (nSPS) is 13.7. The molecule has 2 aromatic rings. The summed E-state index contributed by atoms with van der Waals surface area (Å²) >= 11 is 1.75. The first-order chi connectivity index (χ1) is 9.88. The Morgan fingerprint density at radius 2 is 1.60 bits per heavy atom. The Balaban J connectivity index is 1.89. The number of thioether (sulfide) groups is 1. The van der Waals surface area contributed by atoms with Gasteiger partial charge in [0.15, 0.2) is 0 Å². The van der Waals surface area contributed by atoms with Crippen molar-refractivity contribution in [2.45, 2.75) is 6.92 Å². The van der Waals surface area contributed by atoms with Gasteiger partial charge in [0.05, 0.1) is 0 Å². The van der Waals surface area contributed by atoms with Crippen LogP contribution in [0.1, 0.15) is 12.5 Å². The molecule has 1 aliphatic heterocycles. The molecule has 100 valence electrons. The number of fused-ring (bicyclic) bond motifs is 1. The van der Waals surface area contributed by atoms with E-state index in [9.17, 15) is 0 Å². The fourth-order valence-corrected chi connectivity index (χ4v) is 2.68. The third-order valence-electron chi connectivity index (χ3n) is 3.06. The Hall–Kier alpha value is -1.81. The van der Waals surface area contributed by atoms with E-state index in [0.717, 1.165) is 28.3 Å². The van der Waals surface area contributed by atoms with Gasteiger partial charge in [0, 0.05) is 5.47 Å². The molecule has 0 radical (unpaired) electrons. The minimum Gasteiger partial charge on any atom is -0.519 e. The summed E-state index contributed by atoms with van der Waals surface area (Å²) in [5, 5.41) is 2.13. The largest absolute Gasteiger partial charge is 0.633 e. The first-order valence-electron chi connectivity index (χ1n) is 6.68. The first-order valence-corrected chi connectivity index (χ1v) is 7.73. The molecule has 0 aromatic heterocycles. The molecule has 1 aliphatic rings. The second kappa shape index (κ2) is 6.10. The summed E-state index contributed by atoms with van der Waals surface area (Å²) in [6.07, 6.45) is 0. The molecule has 0 N–H and O–H groups in total. The van der Waals surface area contributed by atoms with Gasteiger partial charge in [-0.3, -0.25) is 0 Å². The van der Waals surface area contributed by atoms with Crippen molar-refractivity contribution in [3.05, 3.63) is 65.6 Å². The van der Waals surface area contributed by atoms with Crippen LogP contribution in [0, 0.1) is 0 Å². The van der Waals surface area contributed by atoms with Crippen molar-refractivity contribution in [3.8, 4) is 11.5 Å². The number of benzene rings is 2. The molecule has 3 rings (SSSR count). The molecule has 0 amide bonds. The lowest BCUT2D eigenvalue weighted by molar-refractivity contribution is 0.520. The van der Waals surface area contributed by atoms with Crippen molar-refractivity contribution in [1.29, 1.82) is 0 Å². The van der Waals surface area contributed by atoms with E-state index in [1.165, 1.54) is 0 Å². The molecule has 2 nitrogen and oxygen atoms in total. The van der Waals surface area contributed by atoms with Gasteiger partial charge < -0.3 is 9.31 Å². The van der Waals surface area contributed by atoms with Crippen LogP contribution in [0.25, 0.3) is 5.47 Å². The molecule has 4 heteroatoms. The quantitative estimate of drug-likeness (QED) is 0.780. The summed E-state index contributed by atoms with van der Waals surface area (Å²) in [4.78, 5) is 0. The number of hydrogen-bond acceptors (Lipinski definition) is 3. The predicted molar refractivity (Wildman–Crippen MR) is 86.0 cm³/mol. The van der Waals surface area contributed by atoms with E-state index in [0.29, 0.717) is 0 Å². The van der Waals surface area contributed by atoms with Gasteiger partial charge in [-0.2, -0.15) is 0 Å². The summed E-state index contributed by atoms with van der Waals surface area (Å²) in [5.74, 6) is 2.64. The zero-order valence-corrected chi connectivity index (χ0v) is 12.1. The molecule has 0 fully saturated rings. The highest BCUT2D eigenvalue weighted by atomic mass is 32.2. The van der Waals surface area contributed by atoms with Crippen LogP contribution < -0.4 is 9.31 Å². The Morgan fingerprint density at radius 1 is 1.00 bits per heavy atom. The Morgan fingerprint density at radius 3 is 2.20 bits per heavy atom. The maximum Gasteiger partial charge on any atom is 0.633 e. The maximum absolute atomic E-state index is 5.92. The number of rotatable bonds is 4. The molecule has 0 saturated heterocycles. The summed E-state index contributed by atoms with van der Waals surface area (Å²) in [6.45, 7) is 2.13. The second-order valence-corrected chi connectivity index (χ2v) is 5.56. The molecule has 0 bridgehead atoms. The highest BCUT2D eigenvalue weighted by Crippen LogP contribution is 2.36. The zero-order valence-electron chi connectivity index (χ0n) is 11.3. The first kappa shape index (κ1) is 13.2. The Bertz CT molecular complexity index is 588. The van der Waals surface area contributed by atoms with Gasteiger partial charge in [-0.1, -0.05) is 49.4 Å². The van der Waals surface area contributed by atoms with Crippen LogP contribution in [0.15, 0.2) is 60.0 Å². The molecule has 0 unspecified atom stereocenters. The van der Waals surface area contributed by atoms with Crippen LogP contribution in [0.2, 0.25) is 0 Å². The summed E-state index contributed by atoms with van der Waals surface area (Å²) in [7, 11) is -0.367. The van der Waals surface area contributed by atoms with Crippen molar-refractivity contribution in [2.75, 3.05) is 5.75 Å². The molecular formula is C16H15BO2S. The fraction of sp³-hybridized carbons (Fsp3) is 0.125. The van der Waals surface area contributed by atoms with E-state index < -0.39 is 0 Å². The standard InChI is InChI=1S/C16H15BO2S/c1-2-20-12-14(13-8-4-3-5-9-13)17-18-15-10-6-7-11-16(15)19-17/h3-12H,2H2,1H3/b14-12+. The molecule has 0 saturated carbocycles. The van der Waals surface area contributed by atoms with Crippen LogP contribution in [-0.4, -0.2) is 12.9 Å². The number of para-hydroxylation sites is 2. The van der Waals surface area contributed by atoms with Gasteiger partial charge in [-0.25, -0.2) is 0 Å². The predicted octanol–water partition coefficient (Wildman–Crippen LogP) is 4.28. The van der Waals surface area contributed by atoms with E-state index in [4.69, 9.17) is 9.31 Å². The third-order valence-corrected chi connectivity index (χ3v) is 3.81. The van der Waals surface area contributed by atoms with Crippen molar-refractivity contribution < 1.29 is 9.31 Å². The summed E-state index contributed by atoms with van der Waals surface area (Å²) in [5.41, 5.74) is 2.19. The smallest absolute Gasteiger partial charge is 0.519 e. The average molecular weight is 282 g/mol. The summed E-state index contributed by atoms with van der Waals surface area (Å²) in [6, 6.07) is 18.0. The van der Waals surface area contributed by atoms with Crippen molar-refractivity contribution in [1.82, 2.24) is 0 Å². The van der Waals surface area contributed by atoms with E-state index in [2.05, 4.69) is 24.5 Å². The molecule has 20 heavy (non-hydrogen) atoms. The number of hydrogen-bond donors (Lipinski definition) is 0. The molecule has 2 aromatic carbocycles. The fourth-order valence-electron chi connectivity index (χ4n) is 2.09. The zero-order chi connectivity index (χ0) is 13.8. The summed E-state index contributed by atoms with van der Waals surface area (Å²) < 4.78 is 11.8. The Labute approximate surface area is 123 Å². The highest BCUT2D eigenvalue weighted by molar-refractivity contribution is 8.02. The van der Waals surface area contributed by atoms with Crippen LogP contribution in [0.4, 0.5) is 0 Å². The van der Waals surface area contributed by atoms with E-state index >= 15 is 0 Å². The lowest BCUT2D eigenvalue weighted by atomic mass is 9.75. The van der Waals surface area contributed by atoms with Gasteiger partial charge in [0.1, 0.15) is 11.5 Å². The maximum atomic E-state index is 5.92. The molecule has 0 atom stereocenters. The van der Waals surface area contributed by atoms with Crippen LogP contribution in [0.5, 0.6) is 11.5 Å². The monoisotopic (exact) mass is 282 g/mol. The van der Waals surface area contributed by atoms with E-state index in [-0.39, 0.29) is 7.12 Å². The van der Waals surface area contributed by atoms with Gasteiger partial charge in [0.25, 0.3) is 0 Å². The third kappa shape index (κ3) is 2.70. The highest BCUT2D eigenvalue weighted by Gasteiger charge is 2.36. The SMILES string of the molecule is CCS/C=C(/B1Oc2ccccc2O1)c1ccccc1. The Kier molecular flexibility index (Phi) is 4.02. The lowest BCUT2D eigenvalue weighted by Gasteiger charge is -2.10. The van der Waals surface area contributed by atoms with Crippen molar-refractivity contribution in [3.63, 3.8) is 0 Å². The van der Waals surface area contributed by atoms with E-state index in [1.54, 1.807) is 11.8 Å². The topological polar surface area (TPSA) is 18.5 Å². The second-order valence-electron chi connectivity index (χ2n) is 4.41. The van der Waals surface area contributed by atoms with Gasteiger partial charge in [-0.05, 0) is 28.9 Å². The molecule has 0 aliphatic carbocycles. The van der Waals surface area contributed by atoms with Crippen molar-refractivity contribution in [2.24, 2.45) is 0 Å². The lowest BCUT2D eigenvalue weighted by Crippen LogP contribution is -2.26. The minimum absolute atomic E-state index is 0.367. The molecule has 0 spiro atoms. The molecule has 1 heterocycles. The van der Waals surface area contributed by atoms with Crippen LogP contribution >= 0.6 is 11.8 Å². The van der Waals surface area contributed by atoms with Gasteiger partial charge in [0.2, 0.25) is 0 Å². The van der Waals surface area contributed by atoms with Crippen LogP contribution in [-0.2, 0) is 0 Å². The van der Waals surface area contributed by atoms with Gasteiger partial charge >= 0.3 is 7.12 Å². The minimum atomic E-state index is -0.367. The average Bonchev–Trinajstić information content (AvgIpc) is 2.92. The molecular weight excluding hydrogens is 267 g/mol.